The van der Waals surface area contributed by atoms with Crippen molar-refractivity contribution in [1.82, 2.24) is 0 Å². The molecule has 0 amide bonds. The first kappa shape index (κ1) is 12.3. The van der Waals surface area contributed by atoms with E-state index in [4.69, 9.17) is 9.47 Å². The molecule has 1 heterocycles. The molecule has 0 aromatic heterocycles. The summed E-state index contributed by atoms with van der Waals surface area (Å²) in [5.74, 6) is 2.34. The van der Waals surface area contributed by atoms with Gasteiger partial charge < -0.3 is 9.47 Å². The smallest absolute Gasteiger partial charge is 0.136 e. The van der Waals surface area contributed by atoms with Crippen molar-refractivity contribution in [3.05, 3.63) is 57.6 Å². The van der Waals surface area contributed by atoms with Crippen molar-refractivity contribution in [2.45, 2.75) is 18.9 Å². The zero-order chi connectivity index (χ0) is 13.7. The van der Waals surface area contributed by atoms with Crippen LogP contribution in [0, 0.1) is 5.92 Å². The summed E-state index contributed by atoms with van der Waals surface area (Å²) in [7, 11) is 1.68. The monoisotopic (exact) mass is 330 g/mol. The quantitative estimate of drug-likeness (QED) is 0.775. The van der Waals surface area contributed by atoms with Crippen LogP contribution in [0.5, 0.6) is 11.5 Å². The largest absolute Gasteiger partial charge is 0.495 e. The first-order chi connectivity index (χ1) is 9.76. The Balaban J connectivity index is 1.76. The molecule has 0 bridgehead atoms. The lowest BCUT2D eigenvalue weighted by Gasteiger charge is -2.30. The summed E-state index contributed by atoms with van der Waals surface area (Å²) in [6.45, 7) is 0. The molecule has 4 rings (SSSR count). The summed E-state index contributed by atoms with van der Waals surface area (Å²) < 4.78 is 12.6. The van der Waals surface area contributed by atoms with Crippen LogP contribution in [-0.2, 0) is 12.8 Å². The predicted octanol–water partition coefficient (Wildman–Crippen LogP) is 4.31. The third kappa shape index (κ3) is 1.76. The minimum absolute atomic E-state index is 0.199. The van der Waals surface area contributed by atoms with Crippen molar-refractivity contribution in [2.75, 3.05) is 7.11 Å². The summed E-state index contributed by atoms with van der Waals surface area (Å²) in [5, 5.41) is 0. The third-order valence-electron chi connectivity index (χ3n) is 4.34. The van der Waals surface area contributed by atoms with Crippen LogP contribution in [0.25, 0.3) is 0 Å². The Hall–Kier alpha value is -1.48. The molecule has 20 heavy (non-hydrogen) atoms. The highest BCUT2D eigenvalue weighted by molar-refractivity contribution is 9.10. The van der Waals surface area contributed by atoms with Gasteiger partial charge in [-0.15, -0.1) is 0 Å². The van der Waals surface area contributed by atoms with Crippen LogP contribution < -0.4 is 9.47 Å². The van der Waals surface area contributed by atoms with Crippen molar-refractivity contribution >= 4 is 15.9 Å². The summed E-state index contributed by atoms with van der Waals surface area (Å²) in [5.41, 5.74) is 4.05. The molecule has 2 aromatic rings. The predicted molar refractivity (Wildman–Crippen MR) is 81.4 cm³/mol. The third-order valence-corrected chi connectivity index (χ3v) is 4.96. The van der Waals surface area contributed by atoms with Crippen LogP contribution in [0.3, 0.4) is 0 Å². The van der Waals surface area contributed by atoms with Gasteiger partial charge in [-0.1, -0.05) is 24.3 Å². The number of hydrogen-bond donors (Lipinski definition) is 0. The van der Waals surface area contributed by atoms with Crippen LogP contribution in [0.4, 0.5) is 0 Å². The van der Waals surface area contributed by atoms with Gasteiger partial charge in [-0.2, -0.15) is 0 Å². The molecule has 2 nitrogen and oxygen atoms in total. The fourth-order valence-electron chi connectivity index (χ4n) is 3.40. The number of fused-ring (bicyclic) bond motifs is 4. The van der Waals surface area contributed by atoms with Gasteiger partial charge in [0.15, 0.2) is 0 Å². The fourth-order valence-corrected chi connectivity index (χ4v) is 3.95. The van der Waals surface area contributed by atoms with Gasteiger partial charge in [0.2, 0.25) is 0 Å². The number of rotatable bonds is 1. The Morgan fingerprint density at radius 3 is 2.80 bits per heavy atom. The van der Waals surface area contributed by atoms with Gasteiger partial charge in [0.25, 0.3) is 0 Å². The average Bonchev–Trinajstić information content (AvgIpc) is 2.81. The number of methoxy groups -OCH3 is 1. The van der Waals surface area contributed by atoms with Gasteiger partial charge in [0.1, 0.15) is 17.6 Å². The van der Waals surface area contributed by atoms with E-state index in [2.05, 4.69) is 46.3 Å². The molecule has 2 aromatic carbocycles. The molecule has 102 valence electrons. The molecule has 1 aliphatic carbocycles. The summed E-state index contributed by atoms with van der Waals surface area (Å²) in [6, 6.07) is 12.8. The molecule has 1 aliphatic heterocycles. The van der Waals surface area contributed by atoms with E-state index in [0.29, 0.717) is 5.92 Å². The molecule has 0 N–H and O–H groups in total. The minimum Gasteiger partial charge on any atom is -0.495 e. The maximum absolute atomic E-state index is 6.28. The fraction of sp³-hybridized carbons (Fsp3) is 0.294. The van der Waals surface area contributed by atoms with E-state index in [9.17, 15) is 0 Å². The van der Waals surface area contributed by atoms with Gasteiger partial charge >= 0.3 is 0 Å². The maximum atomic E-state index is 6.28. The molecule has 2 aliphatic rings. The molecule has 0 unspecified atom stereocenters. The van der Waals surface area contributed by atoms with Gasteiger partial charge in [-0.3, -0.25) is 0 Å². The van der Waals surface area contributed by atoms with E-state index < -0.39 is 0 Å². The first-order valence-electron chi connectivity index (χ1n) is 6.87. The van der Waals surface area contributed by atoms with E-state index in [1.807, 2.05) is 6.07 Å². The number of ether oxygens (including phenoxy) is 2. The minimum atomic E-state index is 0.199. The van der Waals surface area contributed by atoms with Crippen LogP contribution in [0.15, 0.2) is 40.9 Å². The molecular formula is C17H15BrO2. The lowest BCUT2D eigenvalue weighted by molar-refractivity contribution is 0.128. The summed E-state index contributed by atoms with van der Waals surface area (Å²) >= 11 is 3.56. The molecule has 0 saturated heterocycles. The van der Waals surface area contributed by atoms with Crippen LogP contribution in [0.1, 0.15) is 22.8 Å². The van der Waals surface area contributed by atoms with E-state index in [0.717, 1.165) is 28.8 Å². The zero-order valence-corrected chi connectivity index (χ0v) is 12.8. The number of hydrogen-bond acceptors (Lipinski definition) is 2. The second-order valence-corrected chi connectivity index (χ2v) is 6.35. The average molecular weight is 331 g/mol. The lowest BCUT2D eigenvalue weighted by Crippen LogP contribution is -2.22. The van der Waals surface area contributed by atoms with Gasteiger partial charge in [0.05, 0.1) is 11.6 Å². The van der Waals surface area contributed by atoms with Crippen molar-refractivity contribution in [3.63, 3.8) is 0 Å². The van der Waals surface area contributed by atoms with Crippen molar-refractivity contribution in [2.24, 2.45) is 5.92 Å². The van der Waals surface area contributed by atoms with Crippen molar-refractivity contribution in [1.29, 1.82) is 0 Å². The Morgan fingerprint density at radius 1 is 1.15 bits per heavy atom. The van der Waals surface area contributed by atoms with Crippen molar-refractivity contribution in [3.8, 4) is 11.5 Å². The van der Waals surface area contributed by atoms with E-state index in [1.54, 1.807) is 7.11 Å². The van der Waals surface area contributed by atoms with Crippen molar-refractivity contribution < 1.29 is 9.47 Å². The first-order valence-corrected chi connectivity index (χ1v) is 7.66. The Labute approximate surface area is 126 Å². The van der Waals surface area contributed by atoms with E-state index in [1.165, 1.54) is 16.7 Å². The van der Waals surface area contributed by atoms with Crippen LogP contribution >= 0.6 is 15.9 Å². The highest BCUT2D eigenvalue weighted by atomic mass is 79.9. The van der Waals surface area contributed by atoms with Crippen LogP contribution in [0.2, 0.25) is 0 Å². The van der Waals surface area contributed by atoms with Crippen LogP contribution in [-0.4, -0.2) is 7.11 Å². The molecule has 3 heteroatoms. The standard InChI is InChI=1S/C17H15BrO2/c1-19-16-9-15-11(8-14(16)18)7-12-6-10-4-2-3-5-13(10)17(12)20-15/h2-5,8-9,12,17H,6-7H2,1H3/t12-,17+/m1/s1. The van der Waals surface area contributed by atoms with E-state index in [-0.39, 0.29) is 6.10 Å². The number of benzene rings is 2. The van der Waals surface area contributed by atoms with Gasteiger partial charge in [-0.05, 0) is 51.5 Å². The van der Waals surface area contributed by atoms with E-state index >= 15 is 0 Å². The number of halogens is 1. The summed E-state index contributed by atoms with van der Waals surface area (Å²) in [6.07, 6.45) is 2.38. The topological polar surface area (TPSA) is 18.5 Å². The zero-order valence-electron chi connectivity index (χ0n) is 11.2. The lowest BCUT2D eigenvalue weighted by atomic mass is 9.91. The normalized spacial score (nSPS) is 22.5. The molecule has 0 saturated carbocycles. The molecule has 0 spiro atoms. The SMILES string of the molecule is COc1cc2c(cc1Br)C[C@H]1Cc3ccccc3[C@H]1O2. The Kier molecular flexibility index (Phi) is 2.77. The molecule has 2 atom stereocenters. The molecule has 0 fully saturated rings. The maximum Gasteiger partial charge on any atom is 0.136 e. The highest BCUT2D eigenvalue weighted by Gasteiger charge is 2.38. The second kappa shape index (κ2) is 4.52. The molecular weight excluding hydrogens is 316 g/mol. The Morgan fingerprint density at radius 2 is 1.95 bits per heavy atom. The highest BCUT2D eigenvalue weighted by Crippen LogP contribution is 2.47. The van der Waals surface area contributed by atoms with Gasteiger partial charge in [0, 0.05) is 12.0 Å². The summed E-state index contributed by atoms with van der Waals surface area (Å²) in [4.78, 5) is 0. The Bertz CT molecular complexity index is 681. The molecule has 0 radical (unpaired) electrons. The van der Waals surface area contributed by atoms with Gasteiger partial charge in [-0.25, -0.2) is 0 Å². The second-order valence-electron chi connectivity index (χ2n) is 5.50.